The van der Waals surface area contributed by atoms with E-state index in [1.807, 2.05) is 0 Å². The van der Waals surface area contributed by atoms with Crippen LogP contribution in [0.2, 0.25) is 10.0 Å². The van der Waals surface area contributed by atoms with E-state index < -0.39 is 23.3 Å². The minimum atomic E-state index is -0.783. The Balaban J connectivity index is 2.34. The Kier molecular flexibility index (Phi) is 3.69. The number of rotatable bonds is 1. The van der Waals surface area contributed by atoms with Crippen molar-refractivity contribution in [1.82, 2.24) is 14.5 Å². The highest BCUT2D eigenvalue weighted by Gasteiger charge is 2.32. The number of amides is 2. The number of hydrogen-bond donors (Lipinski definition) is 2. The predicted octanol–water partition coefficient (Wildman–Crippen LogP) is 1.62. The molecule has 2 aromatic rings. The van der Waals surface area contributed by atoms with Gasteiger partial charge >= 0.3 is 11.7 Å². The molecule has 0 bridgehead atoms. The van der Waals surface area contributed by atoms with Crippen LogP contribution in [0.15, 0.2) is 27.8 Å². The SMILES string of the molecule is Cn1c2c(c(=O)n(C)c1=O)C(c1ccc(Cl)cc1Cl)NC(=O)N2. The molecule has 1 unspecified atom stereocenters. The molecule has 0 spiro atoms. The van der Waals surface area contributed by atoms with Crippen LogP contribution in [0.5, 0.6) is 0 Å². The van der Waals surface area contributed by atoms with E-state index in [2.05, 4.69) is 10.6 Å². The second-order valence-corrected chi connectivity index (χ2v) is 6.01. The van der Waals surface area contributed by atoms with Crippen LogP contribution in [0, 0.1) is 0 Å². The summed E-state index contributed by atoms with van der Waals surface area (Å²) in [7, 11) is 2.86. The second kappa shape index (κ2) is 5.43. The van der Waals surface area contributed by atoms with E-state index in [9.17, 15) is 14.4 Å². The number of fused-ring (bicyclic) bond motifs is 1. The van der Waals surface area contributed by atoms with Crippen LogP contribution in [0.1, 0.15) is 17.2 Å². The molecular formula is C14H12Cl2N4O3. The standard InChI is InChI=1S/C14H12Cl2N4O3/c1-19-11-9(12(21)20(2)14(19)23)10(17-13(22)18-11)7-4-3-6(15)5-8(7)16/h3-5,10H,1-2H3,(H2,17,18,22). The van der Waals surface area contributed by atoms with Gasteiger partial charge in [0.25, 0.3) is 5.56 Å². The molecule has 0 fully saturated rings. The molecule has 0 saturated carbocycles. The largest absolute Gasteiger partial charge is 0.332 e. The fraction of sp³-hybridized carbons (Fsp3) is 0.214. The Bertz CT molecular complexity index is 948. The summed E-state index contributed by atoms with van der Waals surface area (Å²) in [5.74, 6) is 0.151. The van der Waals surface area contributed by atoms with E-state index in [1.165, 1.54) is 24.7 Å². The molecule has 0 radical (unpaired) electrons. The molecular weight excluding hydrogens is 343 g/mol. The lowest BCUT2D eigenvalue weighted by Gasteiger charge is -2.29. The van der Waals surface area contributed by atoms with Gasteiger partial charge in [-0.1, -0.05) is 29.3 Å². The number of nitrogens with one attached hydrogen (secondary N) is 2. The molecule has 120 valence electrons. The van der Waals surface area contributed by atoms with Crippen molar-refractivity contribution in [3.05, 3.63) is 60.2 Å². The Hall–Kier alpha value is -2.25. The highest BCUT2D eigenvalue weighted by molar-refractivity contribution is 6.35. The summed E-state index contributed by atoms with van der Waals surface area (Å²) < 4.78 is 2.20. The van der Waals surface area contributed by atoms with Crippen molar-refractivity contribution in [2.24, 2.45) is 14.1 Å². The summed E-state index contributed by atoms with van der Waals surface area (Å²) >= 11 is 12.1. The molecule has 1 atom stereocenters. The number of carbonyl (C=O) groups excluding carboxylic acids is 1. The average molecular weight is 355 g/mol. The van der Waals surface area contributed by atoms with Gasteiger partial charge in [0.05, 0.1) is 11.6 Å². The summed E-state index contributed by atoms with van der Waals surface area (Å²) in [4.78, 5) is 36.5. The van der Waals surface area contributed by atoms with Crippen LogP contribution < -0.4 is 21.9 Å². The monoisotopic (exact) mass is 354 g/mol. The molecule has 1 aromatic heterocycles. The first-order chi connectivity index (χ1) is 10.8. The van der Waals surface area contributed by atoms with Crippen molar-refractivity contribution in [3.63, 3.8) is 0 Å². The maximum Gasteiger partial charge on any atom is 0.332 e. The molecule has 2 heterocycles. The van der Waals surface area contributed by atoms with Crippen LogP contribution in [0.3, 0.4) is 0 Å². The van der Waals surface area contributed by atoms with Gasteiger partial charge in [-0.05, 0) is 17.7 Å². The fourth-order valence-electron chi connectivity index (χ4n) is 2.60. The van der Waals surface area contributed by atoms with Crippen LogP contribution >= 0.6 is 23.2 Å². The topological polar surface area (TPSA) is 85.1 Å². The molecule has 9 heteroatoms. The smallest absolute Gasteiger partial charge is 0.327 e. The first kappa shape index (κ1) is 15.6. The van der Waals surface area contributed by atoms with Gasteiger partial charge in [0.1, 0.15) is 5.82 Å². The number of benzene rings is 1. The van der Waals surface area contributed by atoms with Gasteiger partial charge < -0.3 is 5.32 Å². The minimum Gasteiger partial charge on any atom is -0.327 e. The van der Waals surface area contributed by atoms with E-state index in [1.54, 1.807) is 12.1 Å². The van der Waals surface area contributed by atoms with E-state index in [4.69, 9.17) is 23.2 Å². The maximum atomic E-state index is 12.5. The zero-order chi connectivity index (χ0) is 16.9. The zero-order valence-corrected chi connectivity index (χ0v) is 13.7. The molecule has 23 heavy (non-hydrogen) atoms. The number of carbonyl (C=O) groups is 1. The van der Waals surface area contributed by atoms with Crippen molar-refractivity contribution >= 4 is 35.1 Å². The zero-order valence-electron chi connectivity index (χ0n) is 12.2. The average Bonchev–Trinajstić information content (AvgIpc) is 2.50. The number of urea groups is 1. The van der Waals surface area contributed by atoms with Crippen LogP contribution in [-0.2, 0) is 14.1 Å². The van der Waals surface area contributed by atoms with E-state index in [0.717, 1.165) is 4.57 Å². The third-order valence-corrected chi connectivity index (χ3v) is 4.33. The van der Waals surface area contributed by atoms with Gasteiger partial charge in [-0.15, -0.1) is 0 Å². The van der Waals surface area contributed by atoms with Crippen LogP contribution in [0.25, 0.3) is 0 Å². The van der Waals surface area contributed by atoms with Crippen molar-refractivity contribution < 1.29 is 4.79 Å². The quantitative estimate of drug-likeness (QED) is 0.815. The lowest BCUT2D eigenvalue weighted by atomic mass is 9.98. The normalized spacial score (nSPS) is 16.5. The predicted molar refractivity (Wildman–Crippen MR) is 87.4 cm³/mol. The van der Waals surface area contributed by atoms with Gasteiger partial charge in [-0.2, -0.15) is 0 Å². The summed E-state index contributed by atoms with van der Waals surface area (Å²) in [5.41, 5.74) is -0.287. The first-order valence-corrected chi connectivity index (χ1v) is 7.39. The molecule has 1 aliphatic rings. The fourth-order valence-corrected chi connectivity index (χ4v) is 3.11. The van der Waals surface area contributed by atoms with Crippen LogP contribution in [0.4, 0.5) is 10.6 Å². The lowest BCUT2D eigenvalue weighted by Crippen LogP contribution is -2.49. The Labute approximate surface area is 140 Å². The summed E-state index contributed by atoms with van der Waals surface area (Å²) in [6.07, 6.45) is 0. The van der Waals surface area contributed by atoms with E-state index >= 15 is 0 Å². The maximum absolute atomic E-state index is 12.5. The highest BCUT2D eigenvalue weighted by atomic mass is 35.5. The number of hydrogen-bond acceptors (Lipinski definition) is 3. The van der Waals surface area contributed by atoms with Crippen molar-refractivity contribution in [1.29, 1.82) is 0 Å². The van der Waals surface area contributed by atoms with E-state index in [0.29, 0.717) is 15.6 Å². The molecule has 7 nitrogen and oxygen atoms in total. The molecule has 3 rings (SSSR count). The summed E-state index contributed by atoms with van der Waals surface area (Å²) in [6.45, 7) is 0. The van der Waals surface area contributed by atoms with Crippen molar-refractivity contribution in [2.75, 3.05) is 5.32 Å². The first-order valence-electron chi connectivity index (χ1n) is 6.63. The number of anilines is 1. The summed E-state index contributed by atoms with van der Waals surface area (Å²) in [6, 6.07) is 3.46. The third kappa shape index (κ3) is 2.42. The number of nitrogens with zero attached hydrogens (tertiary/aromatic N) is 2. The molecule has 1 aliphatic heterocycles. The Morgan fingerprint density at radius 3 is 2.43 bits per heavy atom. The lowest BCUT2D eigenvalue weighted by molar-refractivity contribution is 0.248. The third-order valence-electron chi connectivity index (χ3n) is 3.77. The molecule has 1 aromatic carbocycles. The van der Waals surface area contributed by atoms with Gasteiger partial charge in [0.2, 0.25) is 0 Å². The number of aromatic nitrogens is 2. The second-order valence-electron chi connectivity index (χ2n) is 5.17. The minimum absolute atomic E-state index is 0.151. The highest BCUT2D eigenvalue weighted by Crippen LogP contribution is 2.33. The van der Waals surface area contributed by atoms with Gasteiger partial charge in [-0.25, -0.2) is 9.59 Å². The molecule has 0 aliphatic carbocycles. The van der Waals surface area contributed by atoms with Crippen molar-refractivity contribution in [2.45, 2.75) is 6.04 Å². The van der Waals surface area contributed by atoms with Crippen molar-refractivity contribution in [3.8, 4) is 0 Å². The Morgan fingerprint density at radius 1 is 1.09 bits per heavy atom. The van der Waals surface area contributed by atoms with Crippen LogP contribution in [-0.4, -0.2) is 15.2 Å². The molecule has 2 amide bonds. The van der Waals surface area contributed by atoms with Gasteiger partial charge in [0, 0.05) is 24.1 Å². The molecule has 2 N–H and O–H groups in total. The van der Waals surface area contributed by atoms with E-state index in [-0.39, 0.29) is 11.4 Å². The molecule has 0 saturated heterocycles. The Morgan fingerprint density at radius 2 is 1.78 bits per heavy atom. The summed E-state index contributed by atoms with van der Waals surface area (Å²) in [5, 5.41) is 5.90. The van der Waals surface area contributed by atoms with Gasteiger partial charge in [0.15, 0.2) is 0 Å². The van der Waals surface area contributed by atoms with Gasteiger partial charge in [-0.3, -0.25) is 19.2 Å². The number of halogens is 2.